The van der Waals surface area contributed by atoms with Crippen LogP contribution in [0.3, 0.4) is 0 Å². The molecule has 2 fully saturated rings. The third-order valence-electron chi connectivity index (χ3n) is 5.38. The molecule has 1 aliphatic heterocycles. The van der Waals surface area contributed by atoms with Gasteiger partial charge in [0.2, 0.25) is 0 Å². The van der Waals surface area contributed by atoms with Crippen molar-refractivity contribution in [3.8, 4) is 0 Å². The predicted molar refractivity (Wildman–Crippen MR) is 96.3 cm³/mol. The zero-order valence-corrected chi connectivity index (χ0v) is 15.2. The van der Waals surface area contributed by atoms with Gasteiger partial charge in [-0.1, -0.05) is 12.8 Å². The van der Waals surface area contributed by atoms with Crippen molar-refractivity contribution in [1.82, 2.24) is 20.2 Å². The molecule has 0 aromatic carbocycles. The minimum atomic E-state index is -0.101. The molecule has 138 valence electrons. The van der Waals surface area contributed by atoms with E-state index in [0.29, 0.717) is 17.7 Å². The Morgan fingerprint density at radius 2 is 2.16 bits per heavy atom. The summed E-state index contributed by atoms with van der Waals surface area (Å²) in [7, 11) is 0. The number of carbonyl (C=O) groups excluding carboxylic acids is 1. The van der Waals surface area contributed by atoms with Crippen molar-refractivity contribution in [3.05, 3.63) is 24.3 Å². The van der Waals surface area contributed by atoms with Gasteiger partial charge in [-0.25, -0.2) is 4.98 Å². The second-order valence-corrected chi connectivity index (χ2v) is 7.19. The number of aromatic nitrogens is 2. The number of hydrogen-bond acceptors (Lipinski definition) is 5. The van der Waals surface area contributed by atoms with Crippen molar-refractivity contribution in [2.24, 2.45) is 5.92 Å². The van der Waals surface area contributed by atoms with Crippen LogP contribution in [0.15, 0.2) is 18.6 Å². The average molecular weight is 346 g/mol. The number of nitrogens with zero attached hydrogens (tertiary/aromatic N) is 3. The van der Waals surface area contributed by atoms with E-state index in [4.69, 9.17) is 4.74 Å². The summed E-state index contributed by atoms with van der Waals surface area (Å²) in [5.74, 6) is 0.408. The van der Waals surface area contributed by atoms with Crippen LogP contribution in [-0.2, 0) is 4.74 Å². The topological polar surface area (TPSA) is 67.3 Å². The van der Waals surface area contributed by atoms with Crippen LogP contribution < -0.4 is 5.32 Å². The van der Waals surface area contributed by atoms with Crippen molar-refractivity contribution in [3.63, 3.8) is 0 Å². The number of piperidine rings is 1. The fourth-order valence-corrected chi connectivity index (χ4v) is 4.16. The van der Waals surface area contributed by atoms with Gasteiger partial charge >= 0.3 is 0 Å². The first-order chi connectivity index (χ1) is 12.3. The van der Waals surface area contributed by atoms with Crippen LogP contribution in [0.5, 0.6) is 0 Å². The highest BCUT2D eigenvalue weighted by Gasteiger charge is 2.30. The zero-order chi connectivity index (χ0) is 17.5. The van der Waals surface area contributed by atoms with Crippen LogP contribution in [0.2, 0.25) is 0 Å². The van der Waals surface area contributed by atoms with E-state index in [0.717, 1.165) is 32.7 Å². The number of carbonyl (C=O) groups is 1. The van der Waals surface area contributed by atoms with Crippen LogP contribution in [0.4, 0.5) is 0 Å². The molecule has 0 spiro atoms. The van der Waals surface area contributed by atoms with E-state index in [1.807, 2.05) is 0 Å². The Labute approximate surface area is 150 Å². The lowest BCUT2D eigenvalue weighted by molar-refractivity contribution is -0.00151. The Kier molecular flexibility index (Phi) is 6.76. The van der Waals surface area contributed by atoms with E-state index >= 15 is 0 Å². The lowest BCUT2D eigenvalue weighted by Gasteiger charge is -2.39. The molecule has 1 saturated heterocycles. The maximum absolute atomic E-state index is 12.4. The van der Waals surface area contributed by atoms with E-state index in [2.05, 4.69) is 27.1 Å². The van der Waals surface area contributed by atoms with Crippen LogP contribution in [-0.4, -0.2) is 59.2 Å². The SMILES string of the molecule is CCO[C@@H]1CCCN(C[C@H]2CCCC[C@@H]2NC(=O)c2cnccn2)C1. The van der Waals surface area contributed by atoms with Gasteiger partial charge in [0.1, 0.15) is 5.69 Å². The Hall–Kier alpha value is -1.53. The molecule has 1 saturated carbocycles. The van der Waals surface area contributed by atoms with Crippen molar-refractivity contribution in [1.29, 1.82) is 0 Å². The number of amides is 1. The van der Waals surface area contributed by atoms with Gasteiger partial charge < -0.3 is 15.0 Å². The fraction of sp³-hybridized carbons (Fsp3) is 0.737. The highest BCUT2D eigenvalue weighted by Crippen LogP contribution is 2.27. The first-order valence-corrected chi connectivity index (χ1v) is 9.67. The molecule has 1 aromatic heterocycles. The fourth-order valence-electron chi connectivity index (χ4n) is 4.16. The van der Waals surface area contributed by atoms with E-state index < -0.39 is 0 Å². The first kappa shape index (κ1) is 18.3. The smallest absolute Gasteiger partial charge is 0.271 e. The van der Waals surface area contributed by atoms with Crippen LogP contribution in [0.1, 0.15) is 55.9 Å². The Balaban J connectivity index is 1.56. The number of rotatable bonds is 6. The molecule has 0 unspecified atom stereocenters. The summed E-state index contributed by atoms with van der Waals surface area (Å²) in [5.41, 5.74) is 0.404. The van der Waals surface area contributed by atoms with Gasteiger partial charge in [-0.05, 0) is 45.1 Å². The number of ether oxygens (including phenoxy) is 1. The van der Waals surface area contributed by atoms with Gasteiger partial charge in [-0.3, -0.25) is 9.78 Å². The van der Waals surface area contributed by atoms with Crippen molar-refractivity contribution >= 4 is 5.91 Å². The third kappa shape index (κ3) is 5.22. The average Bonchev–Trinajstić information content (AvgIpc) is 2.65. The molecule has 25 heavy (non-hydrogen) atoms. The second-order valence-electron chi connectivity index (χ2n) is 7.19. The molecule has 3 rings (SSSR count). The Morgan fingerprint density at radius 1 is 1.28 bits per heavy atom. The largest absolute Gasteiger partial charge is 0.377 e. The molecule has 1 aromatic rings. The summed E-state index contributed by atoms with van der Waals surface area (Å²) >= 11 is 0. The van der Waals surface area contributed by atoms with E-state index in [-0.39, 0.29) is 11.9 Å². The van der Waals surface area contributed by atoms with E-state index in [1.165, 1.54) is 38.3 Å². The van der Waals surface area contributed by atoms with Gasteiger partial charge in [0.05, 0.1) is 12.3 Å². The predicted octanol–water partition coefficient (Wildman–Crippen LogP) is 2.27. The second kappa shape index (κ2) is 9.25. The summed E-state index contributed by atoms with van der Waals surface area (Å²) in [5, 5.41) is 3.21. The van der Waals surface area contributed by atoms with Crippen LogP contribution >= 0.6 is 0 Å². The number of nitrogens with one attached hydrogen (secondary N) is 1. The third-order valence-corrected chi connectivity index (χ3v) is 5.38. The van der Waals surface area contributed by atoms with E-state index in [1.54, 1.807) is 12.4 Å². The molecule has 2 aliphatic rings. The lowest BCUT2D eigenvalue weighted by Crippen LogP contribution is -2.49. The Bertz CT molecular complexity index is 537. The Morgan fingerprint density at radius 3 is 2.96 bits per heavy atom. The molecule has 1 aliphatic carbocycles. The quantitative estimate of drug-likeness (QED) is 0.856. The van der Waals surface area contributed by atoms with E-state index in [9.17, 15) is 4.79 Å². The number of likely N-dealkylation sites (tertiary alicyclic amines) is 1. The highest BCUT2D eigenvalue weighted by molar-refractivity contribution is 5.92. The highest BCUT2D eigenvalue weighted by atomic mass is 16.5. The molecule has 6 heteroatoms. The van der Waals surface area contributed by atoms with Gasteiger partial charge in [-0.2, -0.15) is 0 Å². The van der Waals surface area contributed by atoms with Crippen LogP contribution in [0, 0.1) is 5.92 Å². The summed E-state index contributed by atoms with van der Waals surface area (Å²) < 4.78 is 5.82. The molecule has 0 bridgehead atoms. The summed E-state index contributed by atoms with van der Waals surface area (Å²) in [4.78, 5) is 23.1. The lowest BCUT2D eigenvalue weighted by atomic mass is 9.83. The zero-order valence-electron chi connectivity index (χ0n) is 15.2. The minimum Gasteiger partial charge on any atom is -0.377 e. The van der Waals surface area contributed by atoms with Crippen molar-refractivity contribution in [2.45, 2.75) is 57.6 Å². The molecule has 6 nitrogen and oxygen atoms in total. The maximum Gasteiger partial charge on any atom is 0.271 e. The van der Waals surface area contributed by atoms with Crippen molar-refractivity contribution < 1.29 is 9.53 Å². The van der Waals surface area contributed by atoms with Gasteiger partial charge in [0.25, 0.3) is 5.91 Å². The summed E-state index contributed by atoms with van der Waals surface area (Å²) in [6.45, 7) is 6.08. The normalized spacial score (nSPS) is 27.8. The standard InChI is InChI=1S/C19H30N4O2/c1-2-25-16-7-5-11-23(14-16)13-15-6-3-4-8-17(15)22-19(24)18-12-20-9-10-21-18/h9-10,12,15-17H,2-8,11,13-14H2,1H3,(H,22,24)/t15-,16-,17+/m1/s1. The molecule has 2 heterocycles. The van der Waals surface area contributed by atoms with Gasteiger partial charge in [-0.15, -0.1) is 0 Å². The minimum absolute atomic E-state index is 0.101. The molecule has 1 amide bonds. The monoisotopic (exact) mass is 346 g/mol. The molecule has 1 N–H and O–H groups in total. The summed E-state index contributed by atoms with van der Waals surface area (Å²) in [6, 6.07) is 0.232. The van der Waals surface area contributed by atoms with Crippen molar-refractivity contribution in [2.75, 3.05) is 26.2 Å². The molecular formula is C19H30N4O2. The molecular weight excluding hydrogens is 316 g/mol. The van der Waals surface area contributed by atoms with Gasteiger partial charge in [0, 0.05) is 38.1 Å². The number of hydrogen-bond donors (Lipinski definition) is 1. The van der Waals surface area contributed by atoms with Crippen LogP contribution in [0.25, 0.3) is 0 Å². The molecule has 3 atom stereocenters. The molecule has 0 radical (unpaired) electrons. The maximum atomic E-state index is 12.4. The summed E-state index contributed by atoms with van der Waals surface area (Å²) in [6.07, 6.45) is 12.1. The van der Waals surface area contributed by atoms with Gasteiger partial charge in [0.15, 0.2) is 0 Å². The first-order valence-electron chi connectivity index (χ1n) is 9.67.